The van der Waals surface area contributed by atoms with E-state index in [0.717, 1.165) is 38.5 Å². The van der Waals surface area contributed by atoms with Crippen LogP contribution in [0.3, 0.4) is 0 Å². The quantitative estimate of drug-likeness (QED) is 0.434. The van der Waals surface area contributed by atoms with E-state index in [-0.39, 0.29) is 33.0 Å². The molecule has 0 bridgehead atoms. The van der Waals surface area contributed by atoms with E-state index in [1.807, 2.05) is 6.92 Å². The third kappa shape index (κ3) is 2.75. The number of rotatable bonds is 1. The lowest BCUT2D eigenvalue weighted by Gasteiger charge is -2.71. The average Bonchev–Trinajstić information content (AvgIpc) is 2.73. The second-order valence-electron chi connectivity index (χ2n) is 14.8. The van der Waals surface area contributed by atoms with Crippen LogP contribution in [-0.4, -0.2) is 28.1 Å². The van der Waals surface area contributed by atoms with Crippen LogP contribution in [-0.2, 0) is 9.59 Å². The standard InChI is InChI=1S/C30H46O4/c1-25(2)20-10-13-30(7)21(28(20,5)12-11-22(25)31)9-8-18-19-16-26(3,24(33)34)17-23(32)27(19,4)14-15-29(18,30)6/h8,19-21,23,32H,9-17H2,1-7H3,(H,33,34)/t19-,20-,21+,23?,26+,27-,28+,29-,30-/m1/s1. The number of allylic oxidation sites excluding steroid dienone is 2. The molecule has 5 aliphatic rings. The number of ketones is 1. The Morgan fingerprint density at radius 3 is 2.24 bits per heavy atom. The predicted octanol–water partition coefficient (Wildman–Crippen LogP) is 6.41. The SMILES string of the molecule is CC1(C)C(=O)CC[C@@]2(C)[C@@H]1CC[C@]1(C)[C@H]2CC=C2[C@H]3C[C@](C)(C(=O)O)CC(O)[C@]3(C)CC[C@]21C. The molecule has 0 spiro atoms. The lowest BCUT2D eigenvalue weighted by molar-refractivity contribution is -0.193. The summed E-state index contributed by atoms with van der Waals surface area (Å²) in [6, 6.07) is 0. The van der Waals surface area contributed by atoms with Gasteiger partial charge in [-0.05, 0) is 92.3 Å². The first-order valence-corrected chi connectivity index (χ1v) is 13.7. The molecule has 0 amide bonds. The van der Waals surface area contributed by atoms with Crippen molar-refractivity contribution in [3.05, 3.63) is 11.6 Å². The van der Waals surface area contributed by atoms with Crippen LogP contribution in [0.1, 0.15) is 106 Å². The summed E-state index contributed by atoms with van der Waals surface area (Å²) in [6.07, 6.45) is 9.84. The molecule has 4 saturated carbocycles. The molecule has 0 aliphatic heterocycles. The fraction of sp³-hybridized carbons (Fsp3) is 0.867. The number of fused-ring (bicyclic) bond motifs is 7. The minimum Gasteiger partial charge on any atom is -0.481 e. The molecule has 0 saturated heterocycles. The summed E-state index contributed by atoms with van der Waals surface area (Å²) in [5.74, 6) is 0.740. The van der Waals surface area contributed by atoms with Crippen LogP contribution in [0, 0.1) is 50.2 Å². The molecule has 190 valence electrons. The van der Waals surface area contributed by atoms with Gasteiger partial charge in [0.05, 0.1) is 11.5 Å². The molecular formula is C30H46O4. The van der Waals surface area contributed by atoms with Gasteiger partial charge in [-0.1, -0.05) is 53.2 Å². The maximum Gasteiger partial charge on any atom is 0.309 e. The number of carboxylic acids is 1. The van der Waals surface area contributed by atoms with Crippen molar-refractivity contribution in [2.75, 3.05) is 0 Å². The van der Waals surface area contributed by atoms with Gasteiger partial charge in [0.25, 0.3) is 0 Å². The zero-order valence-electron chi connectivity index (χ0n) is 22.5. The van der Waals surface area contributed by atoms with Gasteiger partial charge < -0.3 is 10.2 Å². The third-order valence-corrected chi connectivity index (χ3v) is 13.2. The highest BCUT2D eigenvalue weighted by molar-refractivity contribution is 5.85. The van der Waals surface area contributed by atoms with Crippen LogP contribution in [0.4, 0.5) is 0 Å². The van der Waals surface area contributed by atoms with Crippen LogP contribution in [0.2, 0.25) is 0 Å². The Balaban J connectivity index is 1.59. The van der Waals surface area contributed by atoms with Crippen LogP contribution >= 0.6 is 0 Å². The number of hydrogen-bond acceptors (Lipinski definition) is 3. The van der Waals surface area contributed by atoms with E-state index in [4.69, 9.17) is 0 Å². The lowest BCUT2D eigenvalue weighted by Crippen LogP contribution is -2.65. The largest absolute Gasteiger partial charge is 0.481 e. The van der Waals surface area contributed by atoms with Crippen LogP contribution < -0.4 is 0 Å². The topological polar surface area (TPSA) is 74.6 Å². The molecule has 0 aromatic rings. The third-order valence-electron chi connectivity index (χ3n) is 13.2. The van der Waals surface area contributed by atoms with Gasteiger partial charge in [-0.25, -0.2) is 0 Å². The van der Waals surface area contributed by atoms with E-state index in [2.05, 4.69) is 47.6 Å². The molecule has 1 unspecified atom stereocenters. The molecule has 0 radical (unpaired) electrons. The van der Waals surface area contributed by atoms with E-state index in [1.165, 1.54) is 5.57 Å². The van der Waals surface area contributed by atoms with Gasteiger partial charge in [0.1, 0.15) is 5.78 Å². The fourth-order valence-electron chi connectivity index (χ4n) is 10.5. The first kappa shape index (κ1) is 24.5. The van der Waals surface area contributed by atoms with Crippen LogP contribution in [0.5, 0.6) is 0 Å². The number of hydrogen-bond donors (Lipinski definition) is 2. The zero-order chi connectivity index (χ0) is 25.1. The zero-order valence-corrected chi connectivity index (χ0v) is 22.5. The highest BCUT2D eigenvalue weighted by Gasteiger charge is 2.69. The van der Waals surface area contributed by atoms with Crippen molar-refractivity contribution in [2.24, 2.45) is 50.2 Å². The van der Waals surface area contributed by atoms with Gasteiger partial charge in [0, 0.05) is 17.3 Å². The van der Waals surface area contributed by atoms with Crippen molar-refractivity contribution in [1.82, 2.24) is 0 Å². The highest BCUT2D eigenvalue weighted by atomic mass is 16.4. The van der Waals surface area contributed by atoms with Crippen molar-refractivity contribution in [3.8, 4) is 0 Å². The summed E-state index contributed by atoms with van der Waals surface area (Å²) in [5, 5.41) is 21.3. The van der Waals surface area contributed by atoms with Gasteiger partial charge in [-0.3, -0.25) is 9.59 Å². The monoisotopic (exact) mass is 470 g/mol. The van der Waals surface area contributed by atoms with Gasteiger partial charge >= 0.3 is 5.97 Å². The van der Waals surface area contributed by atoms with Crippen molar-refractivity contribution in [3.63, 3.8) is 0 Å². The Kier molecular flexibility index (Phi) is 5.04. The Labute approximate surface area is 206 Å². The van der Waals surface area contributed by atoms with Crippen molar-refractivity contribution in [1.29, 1.82) is 0 Å². The number of aliphatic carboxylic acids is 1. The summed E-state index contributed by atoms with van der Waals surface area (Å²) in [5.41, 5.74) is 0.360. The van der Waals surface area contributed by atoms with Crippen molar-refractivity contribution < 1.29 is 19.8 Å². The second kappa shape index (κ2) is 6.99. The summed E-state index contributed by atoms with van der Waals surface area (Å²) < 4.78 is 0. The highest BCUT2D eigenvalue weighted by Crippen LogP contribution is 2.75. The molecule has 0 aromatic carbocycles. The molecule has 4 heteroatoms. The maximum atomic E-state index is 12.9. The minimum absolute atomic E-state index is 0.0101. The number of carboxylic acid groups (broad SMARTS) is 1. The molecular weight excluding hydrogens is 424 g/mol. The van der Waals surface area contributed by atoms with Gasteiger partial charge in [0.2, 0.25) is 0 Å². The first-order valence-electron chi connectivity index (χ1n) is 13.7. The van der Waals surface area contributed by atoms with Gasteiger partial charge in [0.15, 0.2) is 0 Å². The van der Waals surface area contributed by atoms with Crippen molar-refractivity contribution in [2.45, 2.75) is 112 Å². The van der Waals surface area contributed by atoms with E-state index in [1.54, 1.807) is 0 Å². The lowest BCUT2D eigenvalue weighted by atomic mass is 9.33. The number of carbonyl (C=O) groups is 2. The second-order valence-corrected chi connectivity index (χ2v) is 14.8. The molecule has 4 nitrogen and oxygen atoms in total. The Morgan fingerprint density at radius 1 is 0.912 bits per heavy atom. The molecule has 2 N–H and O–H groups in total. The summed E-state index contributed by atoms with van der Waals surface area (Å²) in [6.45, 7) is 15.9. The molecule has 0 heterocycles. The minimum atomic E-state index is -0.877. The molecule has 5 aliphatic carbocycles. The smallest absolute Gasteiger partial charge is 0.309 e. The number of aliphatic hydroxyl groups excluding tert-OH is 1. The Bertz CT molecular complexity index is 965. The Hall–Kier alpha value is -1.16. The van der Waals surface area contributed by atoms with Gasteiger partial charge in [-0.2, -0.15) is 0 Å². The van der Waals surface area contributed by atoms with E-state index >= 15 is 0 Å². The van der Waals surface area contributed by atoms with E-state index in [9.17, 15) is 19.8 Å². The Morgan fingerprint density at radius 2 is 1.59 bits per heavy atom. The normalized spacial score (nSPS) is 54.1. The summed E-state index contributed by atoms with van der Waals surface area (Å²) in [4.78, 5) is 25.2. The van der Waals surface area contributed by atoms with Gasteiger partial charge in [-0.15, -0.1) is 0 Å². The molecule has 4 fully saturated rings. The van der Waals surface area contributed by atoms with E-state index < -0.39 is 17.5 Å². The number of carbonyl (C=O) groups excluding carboxylic acids is 1. The number of Topliss-reactive ketones (excluding diaryl/α,β-unsaturated/α-hetero) is 1. The van der Waals surface area contributed by atoms with E-state index in [0.29, 0.717) is 36.9 Å². The molecule has 0 aromatic heterocycles. The average molecular weight is 471 g/mol. The van der Waals surface area contributed by atoms with Crippen LogP contribution in [0.25, 0.3) is 0 Å². The maximum absolute atomic E-state index is 12.9. The fourth-order valence-corrected chi connectivity index (χ4v) is 10.5. The summed E-state index contributed by atoms with van der Waals surface area (Å²) >= 11 is 0. The number of aliphatic hydroxyl groups is 1. The predicted molar refractivity (Wildman–Crippen MR) is 133 cm³/mol. The summed E-state index contributed by atoms with van der Waals surface area (Å²) in [7, 11) is 0. The molecule has 5 rings (SSSR count). The molecule has 34 heavy (non-hydrogen) atoms. The van der Waals surface area contributed by atoms with Crippen molar-refractivity contribution >= 4 is 11.8 Å². The molecule has 9 atom stereocenters. The van der Waals surface area contributed by atoms with Crippen LogP contribution in [0.15, 0.2) is 11.6 Å². The first-order chi connectivity index (χ1) is 15.6.